The van der Waals surface area contributed by atoms with Crippen molar-refractivity contribution in [1.82, 2.24) is 5.48 Å². The van der Waals surface area contributed by atoms with Crippen molar-refractivity contribution in [1.29, 1.82) is 0 Å². The molecule has 0 bridgehead atoms. The fourth-order valence-electron chi connectivity index (χ4n) is 1.73. The smallest absolute Gasteiger partial charge is 0.260 e. The zero-order valence-corrected chi connectivity index (χ0v) is 9.66. The van der Waals surface area contributed by atoms with E-state index >= 15 is 0 Å². The van der Waals surface area contributed by atoms with Gasteiger partial charge in [0.25, 0.3) is 5.91 Å². The van der Waals surface area contributed by atoms with Crippen molar-refractivity contribution in [2.45, 2.75) is 58.1 Å². The first-order valence-corrected chi connectivity index (χ1v) is 5.86. The largest absolute Gasteiger partial charge is 0.320 e. The fourth-order valence-corrected chi connectivity index (χ4v) is 1.73. The molecule has 0 aliphatic heterocycles. The summed E-state index contributed by atoms with van der Waals surface area (Å²) in [6.45, 7) is 4.00. The fraction of sp³-hybridized carbons (Fsp3) is 0.909. The Morgan fingerprint density at radius 1 is 1.53 bits per heavy atom. The molecule has 1 rings (SSSR count). The van der Waals surface area contributed by atoms with Crippen LogP contribution in [0.2, 0.25) is 0 Å². The normalized spacial score (nSPS) is 21.3. The van der Waals surface area contributed by atoms with E-state index in [0.29, 0.717) is 0 Å². The monoisotopic (exact) mass is 214 g/mol. The summed E-state index contributed by atoms with van der Waals surface area (Å²) in [6, 6.07) is -0.462. The third kappa shape index (κ3) is 3.80. The third-order valence-corrected chi connectivity index (χ3v) is 3.19. The SMILES string of the molecule is CC[C@H](C)[C@H](N)C(=O)NOC1CCCC1. The quantitative estimate of drug-likeness (QED) is 0.679. The molecule has 0 radical (unpaired) electrons. The summed E-state index contributed by atoms with van der Waals surface area (Å²) in [7, 11) is 0. The van der Waals surface area contributed by atoms with Crippen LogP contribution < -0.4 is 11.2 Å². The van der Waals surface area contributed by atoms with Gasteiger partial charge in [-0.25, -0.2) is 5.48 Å². The Labute approximate surface area is 91.5 Å². The van der Waals surface area contributed by atoms with Gasteiger partial charge in [0.1, 0.15) is 0 Å². The van der Waals surface area contributed by atoms with Crippen LogP contribution in [0, 0.1) is 5.92 Å². The zero-order chi connectivity index (χ0) is 11.3. The van der Waals surface area contributed by atoms with Gasteiger partial charge in [-0.1, -0.05) is 33.1 Å². The molecule has 4 nitrogen and oxygen atoms in total. The summed E-state index contributed by atoms with van der Waals surface area (Å²) in [5, 5.41) is 0. The van der Waals surface area contributed by atoms with Crippen LogP contribution in [0.15, 0.2) is 0 Å². The van der Waals surface area contributed by atoms with Crippen molar-refractivity contribution in [3.8, 4) is 0 Å². The number of amides is 1. The molecule has 1 fully saturated rings. The number of hydrogen-bond acceptors (Lipinski definition) is 3. The molecule has 0 saturated heterocycles. The molecule has 1 saturated carbocycles. The average Bonchev–Trinajstić information content (AvgIpc) is 2.76. The Morgan fingerprint density at radius 3 is 2.67 bits per heavy atom. The van der Waals surface area contributed by atoms with Gasteiger partial charge in [0.15, 0.2) is 0 Å². The van der Waals surface area contributed by atoms with E-state index < -0.39 is 6.04 Å². The summed E-state index contributed by atoms with van der Waals surface area (Å²) in [6.07, 6.45) is 5.56. The summed E-state index contributed by atoms with van der Waals surface area (Å²) < 4.78 is 0. The van der Waals surface area contributed by atoms with Crippen LogP contribution in [0.5, 0.6) is 0 Å². The second-order valence-corrected chi connectivity index (χ2v) is 4.40. The Balaban J connectivity index is 2.22. The summed E-state index contributed by atoms with van der Waals surface area (Å²) in [5.74, 6) is -0.00609. The van der Waals surface area contributed by atoms with Gasteiger partial charge in [0.05, 0.1) is 12.1 Å². The molecule has 15 heavy (non-hydrogen) atoms. The Morgan fingerprint density at radius 2 is 2.13 bits per heavy atom. The molecule has 0 aromatic carbocycles. The molecule has 0 aromatic rings. The maximum Gasteiger partial charge on any atom is 0.260 e. The van der Waals surface area contributed by atoms with Crippen LogP contribution in [0.1, 0.15) is 46.0 Å². The first-order chi connectivity index (χ1) is 7.15. The molecule has 0 spiro atoms. The van der Waals surface area contributed by atoms with E-state index in [1.165, 1.54) is 12.8 Å². The first-order valence-electron chi connectivity index (χ1n) is 5.86. The second kappa shape index (κ2) is 6.08. The van der Waals surface area contributed by atoms with E-state index in [0.717, 1.165) is 19.3 Å². The molecule has 2 atom stereocenters. The molecule has 0 aromatic heterocycles. The standard InChI is InChI=1S/C11H22N2O2/c1-3-8(2)10(12)11(14)13-15-9-6-4-5-7-9/h8-10H,3-7,12H2,1-2H3,(H,13,14)/t8-,10-/m0/s1. The van der Waals surface area contributed by atoms with Gasteiger partial charge < -0.3 is 5.73 Å². The lowest BCUT2D eigenvalue weighted by Crippen LogP contribution is -2.45. The molecule has 88 valence electrons. The number of rotatable bonds is 5. The average molecular weight is 214 g/mol. The summed E-state index contributed by atoms with van der Waals surface area (Å²) >= 11 is 0. The highest BCUT2D eigenvalue weighted by atomic mass is 16.7. The number of hydroxylamine groups is 1. The molecule has 3 N–H and O–H groups in total. The van der Waals surface area contributed by atoms with Crippen molar-refractivity contribution in [3.05, 3.63) is 0 Å². The number of nitrogens with two attached hydrogens (primary N) is 1. The molecule has 1 aliphatic carbocycles. The highest BCUT2D eigenvalue weighted by Gasteiger charge is 2.22. The van der Waals surface area contributed by atoms with Crippen molar-refractivity contribution < 1.29 is 9.63 Å². The van der Waals surface area contributed by atoms with E-state index in [-0.39, 0.29) is 17.9 Å². The Hall–Kier alpha value is -0.610. The molecule has 0 unspecified atom stereocenters. The van der Waals surface area contributed by atoms with Gasteiger partial charge >= 0.3 is 0 Å². The van der Waals surface area contributed by atoms with Crippen LogP contribution >= 0.6 is 0 Å². The van der Waals surface area contributed by atoms with E-state index in [9.17, 15) is 4.79 Å². The minimum absolute atomic E-state index is 0.192. The van der Waals surface area contributed by atoms with Gasteiger partial charge in [0, 0.05) is 0 Å². The molecule has 1 aliphatic rings. The molecular weight excluding hydrogens is 192 g/mol. The van der Waals surface area contributed by atoms with Crippen molar-refractivity contribution in [2.75, 3.05) is 0 Å². The van der Waals surface area contributed by atoms with Crippen LogP contribution in [0.3, 0.4) is 0 Å². The third-order valence-electron chi connectivity index (χ3n) is 3.19. The lowest BCUT2D eigenvalue weighted by atomic mass is 10.00. The predicted molar refractivity (Wildman–Crippen MR) is 58.9 cm³/mol. The minimum Gasteiger partial charge on any atom is -0.320 e. The highest BCUT2D eigenvalue weighted by Crippen LogP contribution is 2.19. The van der Waals surface area contributed by atoms with Gasteiger partial charge in [-0.2, -0.15) is 0 Å². The molecule has 1 amide bonds. The number of carbonyl (C=O) groups is 1. The molecular formula is C11H22N2O2. The maximum atomic E-state index is 11.5. The van der Waals surface area contributed by atoms with Gasteiger partial charge in [0.2, 0.25) is 0 Å². The minimum atomic E-state index is -0.462. The topological polar surface area (TPSA) is 64.4 Å². The maximum absolute atomic E-state index is 11.5. The van der Waals surface area contributed by atoms with Gasteiger partial charge in [-0.15, -0.1) is 0 Å². The van der Waals surface area contributed by atoms with Crippen molar-refractivity contribution in [3.63, 3.8) is 0 Å². The summed E-state index contributed by atoms with van der Waals surface area (Å²) in [4.78, 5) is 16.8. The second-order valence-electron chi connectivity index (χ2n) is 4.40. The number of nitrogens with one attached hydrogen (secondary N) is 1. The van der Waals surface area contributed by atoms with Gasteiger partial charge in [-0.05, 0) is 18.8 Å². The predicted octanol–water partition coefficient (Wildman–Crippen LogP) is 1.35. The molecule has 4 heteroatoms. The van der Waals surface area contributed by atoms with Crippen LogP contribution in [-0.4, -0.2) is 18.1 Å². The number of carbonyl (C=O) groups excluding carboxylic acids is 1. The van der Waals surface area contributed by atoms with Crippen LogP contribution in [-0.2, 0) is 9.63 Å². The van der Waals surface area contributed by atoms with Gasteiger partial charge in [-0.3, -0.25) is 9.63 Å². The van der Waals surface area contributed by atoms with E-state index in [1.807, 2.05) is 13.8 Å². The van der Waals surface area contributed by atoms with E-state index in [2.05, 4.69) is 5.48 Å². The lowest BCUT2D eigenvalue weighted by Gasteiger charge is -2.19. The number of hydrogen-bond donors (Lipinski definition) is 2. The Bertz CT molecular complexity index is 203. The zero-order valence-electron chi connectivity index (χ0n) is 9.66. The summed E-state index contributed by atoms with van der Waals surface area (Å²) in [5.41, 5.74) is 8.24. The van der Waals surface area contributed by atoms with Crippen molar-refractivity contribution in [2.24, 2.45) is 11.7 Å². The van der Waals surface area contributed by atoms with E-state index in [1.54, 1.807) is 0 Å². The Kier molecular flexibility index (Phi) is 5.05. The van der Waals surface area contributed by atoms with E-state index in [4.69, 9.17) is 10.6 Å². The first kappa shape index (κ1) is 12.5. The molecule has 0 heterocycles. The van der Waals surface area contributed by atoms with Crippen molar-refractivity contribution >= 4 is 5.91 Å². The van der Waals surface area contributed by atoms with Crippen LogP contribution in [0.4, 0.5) is 0 Å². The van der Waals surface area contributed by atoms with Crippen LogP contribution in [0.25, 0.3) is 0 Å². The lowest BCUT2D eigenvalue weighted by molar-refractivity contribution is -0.140. The highest BCUT2D eigenvalue weighted by molar-refractivity contribution is 5.80.